The Labute approximate surface area is 171 Å². The number of carbonyl (C=O) groups excluding carboxylic acids is 1. The summed E-state index contributed by atoms with van der Waals surface area (Å²) in [7, 11) is 4.93. The topological polar surface area (TPSA) is 48.0 Å². The summed E-state index contributed by atoms with van der Waals surface area (Å²) in [5.74, 6) is 1.70. The molecule has 0 saturated carbocycles. The van der Waals surface area contributed by atoms with Crippen LogP contribution in [0.2, 0.25) is 5.02 Å². The molecule has 0 heterocycles. The number of hydrogen-bond acceptors (Lipinski definition) is 4. The van der Waals surface area contributed by atoms with E-state index in [-0.39, 0.29) is 5.91 Å². The molecule has 0 aliphatic heterocycles. The summed E-state index contributed by atoms with van der Waals surface area (Å²) in [4.78, 5) is 14.1. The number of ether oxygens (including phenoxy) is 3. The van der Waals surface area contributed by atoms with Crippen molar-refractivity contribution in [2.24, 2.45) is 0 Å². The fourth-order valence-electron chi connectivity index (χ4n) is 2.60. The van der Waals surface area contributed by atoms with Crippen LogP contribution in [0.25, 0.3) is 6.08 Å². The third-order valence-corrected chi connectivity index (χ3v) is 4.33. The maximum atomic E-state index is 12.4. The molecule has 2 aromatic carbocycles. The zero-order valence-electron chi connectivity index (χ0n) is 16.7. The summed E-state index contributed by atoms with van der Waals surface area (Å²) in [5, 5.41) is 0.449. The number of halogens is 1. The Kier molecular flexibility index (Phi) is 8.20. The second kappa shape index (κ2) is 10.6. The third kappa shape index (κ3) is 5.92. The molecule has 0 unspecified atom stereocenters. The molecule has 0 saturated heterocycles. The lowest BCUT2D eigenvalue weighted by atomic mass is 10.1. The van der Waals surface area contributed by atoms with Gasteiger partial charge in [-0.3, -0.25) is 4.79 Å². The SMILES string of the molecule is CCCOc1c(Cl)cc(/C=C/C(=O)N(C)Cc2cccc(OC)c2)cc1OC. The van der Waals surface area contributed by atoms with E-state index in [0.29, 0.717) is 29.7 Å². The highest BCUT2D eigenvalue weighted by molar-refractivity contribution is 6.32. The van der Waals surface area contributed by atoms with E-state index in [1.165, 1.54) is 6.08 Å². The molecule has 1 amide bonds. The first-order chi connectivity index (χ1) is 13.5. The van der Waals surface area contributed by atoms with Crippen LogP contribution in [0, 0.1) is 0 Å². The minimum atomic E-state index is -0.121. The molecule has 0 N–H and O–H groups in total. The zero-order valence-corrected chi connectivity index (χ0v) is 17.5. The van der Waals surface area contributed by atoms with Crippen molar-refractivity contribution >= 4 is 23.6 Å². The van der Waals surface area contributed by atoms with Gasteiger partial charge in [0.25, 0.3) is 0 Å². The summed E-state index contributed by atoms with van der Waals surface area (Å²) in [6.07, 6.45) is 4.09. The smallest absolute Gasteiger partial charge is 0.246 e. The molecule has 5 nitrogen and oxygen atoms in total. The minimum Gasteiger partial charge on any atom is -0.497 e. The van der Waals surface area contributed by atoms with Gasteiger partial charge in [0.15, 0.2) is 11.5 Å². The zero-order chi connectivity index (χ0) is 20.5. The van der Waals surface area contributed by atoms with E-state index in [2.05, 4.69) is 0 Å². The highest BCUT2D eigenvalue weighted by Crippen LogP contribution is 2.36. The highest BCUT2D eigenvalue weighted by atomic mass is 35.5. The number of carbonyl (C=O) groups is 1. The number of nitrogens with zero attached hydrogens (tertiary/aromatic N) is 1. The number of hydrogen-bond donors (Lipinski definition) is 0. The molecule has 0 aromatic heterocycles. The van der Waals surface area contributed by atoms with Crippen LogP contribution in [0.3, 0.4) is 0 Å². The van der Waals surface area contributed by atoms with Crippen LogP contribution in [0.5, 0.6) is 17.2 Å². The summed E-state index contributed by atoms with van der Waals surface area (Å²) >= 11 is 6.32. The fraction of sp³-hybridized carbons (Fsp3) is 0.318. The Morgan fingerprint density at radius 2 is 1.96 bits per heavy atom. The summed E-state index contributed by atoms with van der Waals surface area (Å²) in [6, 6.07) is 11.2. The fourth-order valence-corrected chi connectivity index (χ4v) is 2.87. The van der Waals surface area contributed by atoms with E-state index in [1.807, 2.05) is 31.2 Å². The van der Waals surface area contributed by atoms with E-state index < -0.39 is 0 Å². The number of rotatable bonds is 9. The molecule has 28 heavy (non-hydrogen) atoms. The Morgan fingerprint density at radius 3 is 2.64 bits per heavy atom. The van der Waals surface area contributed by atoms with Crippen LogP contribution < -0.4 is 14.2 Å². The van der Waals surface area contributed by atoms with Crippen LogP contribution in [-0.4, -0.2) is 38.7 Å². The minimum absolute atomic E-state index is 0.121. The Bertz CT molecular complexity index is 835. The molecule has 0 atom stereocenters. The Morgan fingerprint density at radius 1 is 1.18 bits per heavy atom. The predicted octanol–water partition coefficient (Wildman–Crippen LogP) is 4.82. The van der Waals surface area contributed by atoms with Crippen molar-refractivity contribution in [1.29, 1.82) is 0 Å². The number of methoxy groups -OCH3 is 2. The van der Waals surface area contributed by atoms with Gasteiger partial charge < -0.3 is 19.1 Å². The standard InChI is InChI=1S/C22H26ClNO4/c1-5-11-28-22-19(23)13-16(14-20(22)27-4)9-10-21(25)24(2)15-17-7-6-8-18(12-17)26-3/h6-10,12-14H,5,11,15H2,1-4H3/b10-9+. The molecule has 6 heteroatoms. The third-order valence-electron chi connectivity index (χ3n) is 4.05. The van der Waals surface area contributed by atoms with Gasteiger partial charge in [-0.25, -0.2) is 0 Å². The molecule has 0 bridgehead atoms. The molecule has 0 aliphatic rings. The number of benzene rings is 2. The first kappa shape index (κ1) is 21.6. The molecule has 0 fully saturated rings. The summed E-state index contributed by atoms with van der Waals surface area (Å²) < 4.78 is 16.2. The number of amides is 1. The largest absolute Gasteiger partial charge is 0.497 e. The second-order valence-electron chi connectivity index (χ2n) is 6.26. The Balaban J connectivity index is 2.09. The normalized spacial score (nSPS) is 10.8. The molecule has 2 aromatic rings. The van der Waals surface area contributed by atoms with Gasteiger partial charge >= 0.3 is 0 Å². The van der Waals surface area contributed by atoms with Crippen LogP contribution in [0.4, 0.5) is 0 Å². The molecular formula is C22H26ClNO4. The molecular weight excluding hydrogens is 378 g/mol. The van der Waals surface area contributed by atoms with Crippen molar-refractivity contribution in [3.8, 4) is 17.2 Å². The van der Waals surface area contributed by atoms with Gasteiger partial charge in [-0.1, -0.05) is 30.7 Å². The van der Waals surface area contributed by atoms with Gasteiger partial charge in [0, 0.05) is 19.7 Å². The molecule has 0 radical (unpaired) electrons. The number of likely N-dealkylation sites (N-methyl/N-ethyl adjacent to an activating group) is 1. The Hall–Kier alpha value is -2.66. The molecule has 150 valence electrons. The quantitative estimate of drug-likeness (QED) is 0.563. The first-order valence-electron chi connectivity index (χ1n) is 9.05. The first-order valence-corrected chi connectivity index (χ1v) is 9.42. The van der Waals surface area contributed by atoms with Gasteiger partial charge in [-0.2, -0.15) is 0 Å². The van der Waals surface area contributed by atoms with Crippen molar-refractivity contribution in [3.63, 3.8) is 0 Å². The maximum absolute atomic E-state index is 12.4. The van der Waals surface area contributed by atoms with Crippen molar-refractivity contribution < 1.29 is 19.0 Å². The molecule has 0 spiro atoms. The lowest BCUT2D eigenvalue weighted by Crippen LogP contribution is -2.24. The van der Waals surface area contributed by atoms with E-state index in [0.717, 1.165) is 23.3 Å². The molecule has 2 rings (SSSR count). The molecule has 0 aliphatic carbocycles. The van der Waals surface area contributed by atoms with Crippen molar-refractivity contribution in [3.05, 3.63) is 58.6 Å². The van der Waals surface area contributed by atoms with Crippen LogP contribution in [-0.2, 0) is 11.3 Å². The van der Waals surface area contributed by atoms with Gasteiger partial charge in [0.1, 0.15) is 5.75 Å². The van der Waals surface area contributed by atoms with Gasteiger partial charge in [-0.05, 0) is 47.9 Å². The van der Waals surface area contributed by atoms with Crippen molar-refractivity contribution in [2.45, 2.75) is 19.9 Å². The predicted molar refractivity (Wildman–Crippen MR) is 112 cm³/mol. The second-order valence-corrected chi connectivity index (χ2v) is 6.67. The maximum Gasteiger partial charge on any atom is 0.246 e. The van der Waals surface area contributed by atoms with Gasteiger partial charge in [0.05, 0.1) is 25.8 Å². The van der Waals surface area contributed by atoms with Gasteiger partial charge in [-0.15, -0.1) is 0 Å². The lowest BCUT2D eigenvalue weighted by molar-refractivity contribution is -0.125. The summed E-state index contributed by atoms with van der Waals surface area (Å²) in [6.45, 7) is 3.05. The average Bonchev–Trinajstić information content (AvgIpc) is 2.70. The highest BCUT2D eigenvalue weighted by Gasteiger charge is 2.12. The van der Waals surface area contributed by atoms with E-state index in [4.69, 9.17) is 25.8 Å². The van der Waals surface area contributed by atoms with Crippen molar-refractivity contribution in [1.82, 2.24) is 4.90 Å². The van der Waals surface area contributed by atoms with Gasteiger partial charge in [0.2, 0.25) is 5.91 Å². The van der Waals surface area contributed by atoms with Crippen LogP contribution in [0.15, 0.2) is 42.5 Å². The van der Waals surface area contributed by atoms with E-state index >= 15 is 0 Å². The monoisotopic (exact) mass is 403 g/mol. The summed E-state index contributed by atoms with van der Waals surface area (Å²) in [5.41, 5.74) is 1.75. The van der Waals surface area contributed by atoms with Crippen LogP contribution >= 0.6 is 11.6 Å². The van der Waals surface area contributed by atoms with E-state index in [1.54, 1.807) is 44.4 Å². The van der Waals surface area contributed by atoms with Crippen molar-refractivity contribution in [2.75, 3.05) is 27.9 Å². The lowest BCUT2D eigenvalue weighted by Gasteiger charge is -2.16. The van der Waals surface area contributed by atoms with Crippen LogP contribution in [0.1, 0.15) is 24.5 Å². The average molecular weight is 404 g/mol. The van der Waals surface area contributed by atoms with E-state index in [9.17, 15) is 4.79 Å².